The maximum atomic E-state index is 12.7. The molecule has 1 fully saturated rings. The molecule has 0 saturated heterocycles. The molecule has 3 rings (SSSR count). The van der Waals surface area contributed by atoms with Crippen LogP contribution in [0.2, 0.25) is 0 Å². The second kappa shape index (κ2) is 8.86. The number of nitrogens with one attached hydrogen (secondary N) is 2. The standard InChI is InChI=1S/C20H26N6O2/c1-3-7-20(26-19(28)16-6-9-21-13-23-16)8-4-5-15(10-20)25-18(27)17-12-22-11-14(2)24-17/h6,9,11-13,15H,3-5,7-8,10H2,1-2H3,(H,25,27)(H,26,28). The summed E-state index contributed by atoms with van der Waals surface area (Å²) >= 11 is 0. The van der Waals surface area contributed by atoms with Crippen LogP contribution in [0.4, 0.5) is 0 Å². The highest BCUT2D eigenvalue weighted by Gasteiger charge is 2.38. The van der Waals surface area contributed by atoms with Crippen molar-refractivity contribution in [2.24, 2.45) is 0 Å². The number of hydrogen-bond acceptors (Lipinski definition) is 6. The number of aryl methyl sites for hydroxylation is 1. The molecular formula is C20H26N6O2. The van der Waals surface area contributed by atoms with Gasteiger partial charge in [-0.25, -0.2) is 15.0 Å². The molecule has 2 N–H and O–H groups in total. The summed E-state index contributed by atoms with van der Waals surface area (Å²) in [6, 6.07) is 1.58. The molecule has 2 aromatic heterocycles. The summed E-state index contributed by atoms with van der Waals surface area (Å²) in [4.78, 5) is 41.4. The molecule has 0 bridgehead atoms. The van der Waals surface area contributed by atoms with Gasteiger partial charge in [-0.15, -0.1) is 0 Å². The Kier molecular flexibility index (Phi) is 6.28. The number of aromatic nitrogens is 4. The van der Waals surface area contributed by atoms with E-state index in [4.69, 9.17) is 0 Å². The van der Waals surface area contributed by atoms with Gasteiger partial charge in [0.15, 0.2) is 0 Å². The van der Waals surface area contributed by atoms with Crippen LogP contribution in [-0.2, 0) is 0 Å². The molecule has 0 spiro atoms. The summed E-state index contributed by atoms with van der Waals surface area (Å²) in [5.74, 6) is -0.428. The Balaban J connectivity index is 1.70. The van der Waals surface area contributed by atoms with E-state index >= 15 is 0 Å². The van der Waals surface area contributed by atoms with E-state index in [9.17, 15) is 9.59 Å². The molecule has 2 aromatic rings. The largest absolute Gasteiger partial charge is 0.348 e. The lowest BCUT2D eigenvalue weighted by molar-refractivity contribution is 0.0812. The van der Waals surface area contributed by atoms with Crippen molar-refractivity contribution >= 4 is 11.8 Å². The van der Waals surface area contributed by atoms with Crippen molar-refractivity contribution in [3.63, 3.8) is 0 Å². The predicted molar refractivity (Wildman–Crippen MR) is 104 cm³/mol. The smallest absolute Gasteiger partial charge is 0.271 e. The van der Waals surface area contributed by atoms with E-state index in [1.165, 1.54) is 12.5 Å². The van der Waals surface area contributed by atoms with E-state index < -0.39 is 0 Å². The molecule has 2 heterocycles. The van der Waals surface area contributed by atoms with Crippen molar-refractivity contribution in [2.75, 3.05) is 0 Å². The van der Waals surface area contributed by atoms with Crippen LogP contribution in [0.5, 0.6) is 0 Å². The highest BCUT2D eigenvalue weighted by atomic mass is 16.2. The van der Waals surface area contributed by atoms with Gasteiger partial charge in [0.1, 0.15) is 17.7 Å². The molecule has 0 aliphatic heterocycles. The van der Waals surface area contributed by atoms with Gasteiger partial charge in [-0.3, -0.25) is 14.6 Å². The minimum absolute atomic E-state index is 0.0270. The van der Waals surface area contributed by atoms with Crippen molar-refractivity contribution in [3.8, 4) is 0 Å². The molecule has 0 radical (unpaired) electrons. The molecule has 148 valence electrons. The van der Waals surface area contributed by atoms with Gasteiger partial charge in [0, 0.05) is 24.0 Å². The first-order valence-corrected chi connectivity index (χ1v) is 9.69. The fourth-order valence-corrected chi connectivity index (χ4v) is 3.93. The van der Waals surface area contributed by atoms with E-state index in [1.807, 2.05) is 0 Å². The quantitative estimate of drug-likeness (QED) is 0.793. The minimum Gasteiger partial charge on any atom is -0.348 e. The predicted octanol–water partition coefficient (Wildman–Crippen LogP) is 2.22. The zero-order chi connectivity index (χ0) is 20.0. The molecule has 1 aliphatic carbocycles. The zero-order valence-corrected chi connectivity index (χ0v) is 16.3. The number of carbonyl (C=O) groups is 2. The third kappa shape index (κ3) is 4.88. The first kappa shape index (κ1) is 19.9. The fraction of sp³-hybridized carbons (Fsp3) is 0.500. The molecule has 2 atom stereocenters. The molecule has 1 saturated carbocycles. The summed E-state index contributed by atoms with van der Waals surface area (Å²) in [6.45, 7) is 3.91. The number of amides is 2. The van der Waals surface area contributed by atoms with Crippen molar-refractivity contribution in [1.29, 1.82) is 0 Å². The van der Waals surface area contributed by atoms with Crippen LogP contribution in [-0.4, -0.2) is 43.3 Å². The van der Waals surface area contributed by atoms with Crippen molar-refractivity contribution in [1.82, 2.24) is 30.6 Å². The topological polar surface area (TPSA) is 110 Å². The van der Waals surface area contributed by atoms with Crippen LogP contribution in [0.1, 0.15) is 72.1 Å². The summed E-state index contributed by atoms with van der Waals surface area (Å²) < 4.78 is 0. The molecule has 2 amide bonds. The Morgan fingerprint density at radius 1 is 1.21 bits per heavy atom. The average molecular weight is 382 g/mol. The van der Waals surface area contributed by atoms with E-state index in [1.54, 1.807) is 25.4 Å². The second-order valence-electron chi connectivity index (χ2n) is 7.39. The fourth-order valence-electron chi connectivity index (χ4n) is 3.93. The normalized spacial score (nSPS) is 21.7. The van der Waals surface area contributed by atoms with Crippen LogP contribution < -0.4 is 10.6 Å². The number of nitrogens with zero attached hydrogens (tertiary/aromatic N) is 4. The lowest BCUT2D eigenvalue weighted by Gasteiger charge is -2.42. The lowest BCUT2D eigenvalue weighted by atomic mass is 9.76. The molecular weight excluding hydrogens is 356 g/mol. The van der Waals surface area contributed by atoms with Gasteiger partial charge in [-0.1, -0.05) is 13.3 Å². The highest BCUT2D eigenvalue weighted by Crippen LogP contribution is 2.33. The van der Waals surface area contributed by atoms with Gasteiger partial charge in [0.2, 0.25) is 0 Å². The third-order valence-corrected chi connectivity index (χ3v) is 5.09. The molecule has 8 heteroatoms. The maximum Gasteiger partial charge on any atom is 0.271 e. The summed E-state index contributed by atoms with van der Waals surface area (Å²) in [5, 5.41) is 6.26. The number of rotatable bonds is 6. The number of carbonyl (C=O) groups excluding carboxylic acids is 2. The Morgan fingerprint density at radius 3 is 2.79 bits per heavy atom. The van der Waals surface area contributed by atoms with Gasteiger partial charge in [0.05, 0.1) is 11.9 Å². The maximum absolute atomic E-state index is 12.7. The Labute approximate surface area is 164 Å². The van der Waals surface area contributed by atoms with Gasteiger partial charge >= 0.3 is 0 Å². The molecule has 0 aromatic carbocycles. The van der Waals surface area contributed by atoms with Gasteiger partial charge in [-0.2, -0.15) is 0 Å². The van der Waals surface area contributed by atoms with E-state index in [0.717, 1.165) is 32.1 Å². The summed E-state index contributed by atoms with van der Waals surface area (Å²) in [7, 11) is 0. The monoisotopic (exact) mass is 382 g/mol. The van der Waals surface area contributed by atoms with Crippen LogP contribution in [0, 0.1) is 6.92 Å². The molecule has 28 heavy (non-hydrogen) atoms. The van der Waals surface area contributed by atoms with Gasteiger partial charge in [0.25, 0.3) is 11.8 Å². The van der Waals surface area contributed by atoms with E-state index in [2.05, 4.69) is 37.5 Å². The van der Waals surface area contributed by atoms with Gasteiger partial charge in [-0.05, 0) is 45.1 Å². The Morgan fingerprint density at radius 2 is 2.07 bits per heavy atom. The first-order chi connectivity index (χ1) is 13.5. The van der Waals surface area contributed by atoms with Crippen LogP contribution >= 0.6 is 0 Å². The molecule has 1 aliphatic rings. The Hall–Kier alpha value is -2.90. The molecule has 8 nitrogen and oxygen atoms in total. The lowest BCUT2D eigenvalue weighted by Crippen LogP contribution is -2.55. The average Bonchev–Trinajstić information content (AvgIpc) is 2.69. The van der Waals surface area contributed by atoms with Crippen LogP contribution in [0.25, 0.3) is 0 Å². The zero-order valence-electron chi connectivity index (χ0n) is 16.3. The van der Waals surface area contributed by atoms with Crippen LogP contribution in [0.3, 0.4) is 0 Å². The van der Waals surface area contributed by atoms with E-state index in [-0.39, 0.29) is 23.4 Å². The first-order valence-electron chi connectivity index (χ1n) is 9.69. The SMILES string of the molecule is CCCC1(NC(=O)c2ccncn2)CCCC(NC(=O)c2cncc(C)n2)C1. The minimum atomic E-state index is -0.356. The highest BCUT2D eigenvalue weighted by molar-refractivity contribution is 5.93. The van der Waals surface area contributed by atoms with Crippen molar-refractivity contribution in [3.05, 3.63) is 48.1 Å². The van der Waals surface area contributed by atoms with Crippen LogP contribution in [0.15, 0.2) is 31.0 Å². The summed E-state index contributed by atoms with van der Waals surface area (Å²) in [5.41, 5.74) is 1.02. The third-order valence-electron chi connectivity index (χ3n) is 5.09. The van der Waals surface area contributed by atoms with E-state index in [0.29, 0.717) is 23.5 Å². The Bertz CT molecular complexity index is 824. The van der Waals surface area contributed by atoms with Crippen molar-refractivity contribution < 1.29 is 9.59 Å². The second-order valence-corrected chi connectivity index (χ2v) is 7.39. The summed E-state index contributed by atoms with van der Waals surface area (Å²) in [6.07, 6.45) is 11.2. The van der Waals surface area contributed by atoms with Gasteiger partial charge < -0.3 is 10.6 Å². The molecule has 2 unspecified atom stereocenters. The van der Waals surface area contributed by atoms with Crippen molar-refractivity contribution in [2.45, 2.75) is 64.0 Å². The number of hydrogen-bond donors (Lipinski definition) is 2.